The van der Waals surface area contributed by atoms with E-state index in [0.29, 0.717) is 5.88 Å². The number of pyridine rings is 1. The predicted molar refractivity (Wildman–Crippen MR) is 82.1 cm³/mol. The number of aryl methyl sites for hydroxylation is 2. The van der Waals surface area contributed by atoms with Crippen molar-refractivity contribution in [1.82, 2.24) is 14.5 Å². The van der Waals surface area contributed by atoms with E-state index in [9.17, 15) is 0 Å². The Balaban J connectivity index is 2.07. The number of fused-ring (bicyclic) bond motifs is 1. The fourth-order valence-corrected chi connectivity index (χ4v) is 2.51. The summed E-state index contributed by atoms with van der Waals surface area (Å²) in [5.41, 5.74) is 5.40. The number of nitrogens with zero attached hydrogens (tertiary/aromatic N) is 3. The van der Waals surface area contributed by atoms with Crippen LogP contribution in [0.4, 0.5) is 0 Å². The van der Waals surface area contributed by atoms with Gasteiger partial charge in [-0.2, -0.15) is 0 Å². The highest BCUT2D eigenvalue weighted by Gasteiger charge is 2.11. The molecule has 0 aliphatic heterocycles. The number of hydrogen-bond acceptors (Lipinski definition) is 2. The normalized spacial score (nSPS) is 11.2. The van der Waals surface area contributed by atoms with Crippen molar-refractivity contribution < 1.29 is 0 Å². The Morgan fingerprint density at radius 3 is 2.55 bits per heavy atom. The van der Waals surface area contributed by atoms with E-state index >= 15 is 0 Å². The Kier molecular flexibility index (Phi) is 3.45. The van der Waals surface area contributed by atoms with Gasteiger partial charge in [-0.25, -0.2) is 9.97 Å². The number of aromatic nitrogens is 3. The molecule has 2 heterocycles. The highest BCUT2D eigenvalue weighted by atomic mass is 35.5. The van der Waals surface area contributed by atoms with Crippen molar-refractivity contribution in [2.75, 3.05) is 0 Å². The summed E-state index contributed by atoms with van der Waals surface area (Å²) in [7, 11) is 0. The zero-order chi connectivity index (χ0) is 14.1. The van der Waals surface area contributed by atoms with E-state index in [1.54, 1.807) is 0 Å². The van der Waals surface area contributed by atoms with E-state index in [-0.39, 0.29) is 0 Å². The Morgan fingerprint density at radius 2 is 1.85 bits per heavy atom. The monoisotopic (exact) mass is 285 g/mol. The predicted octanol–water partition coefficient (Wildman–Crippen LogP) is 3.84. The van der Waals surface area contributed by atoms with E-state index in [4.69, 9.17) is 11.6 Å². The molecule has 0 saturated carbocycles. The molecule has 0 amide bonds. The Bertz CT molecular complexity index is 744. The van der Waals surface area contributed by atoms with Crippen molar-refractivity contribution in [3.63, 3.8) is 0 Å². The second kappa shape index (κ2) is 5.25. The van der Waals surface area contributed by atoms with Gasteiger partial charge in [0.25, 0.3) is 0 Å². The minimum atomic E-state index is 0.390. The maximum absolute atomic E-state index is 6.02. The summed E-state index contributed by atoms with van der Waals surface area (Å²) in [5, 5.41) is 0. The van der Waals surface area contributed by atoms with Gasteiger partial charge in [0, 0.05) is 6.20 Å². The largest absolute Gasteiger partial charge is 0.307 e. The van der Waals surface area contributed by atoms with Crippen LogP contribution in [0.5, 0.6) is 0 Å². The molecule has 0 aliphatic rings. The van der Waals surface area contributed by atoms with Gasteiger partial charge in [-0.15, -0.1) is 11.6 Å². The molecule has 1 aromatic carbocycles. The van der Waals surface area contributed by atoms with Crippen molar-refractivity contribution >= 4 is 22.8 Å². The molecule has 2 aromatic heterocycles. The van der Waals surface area contributed by atoms with Gasteiger partial charge >= 0.3 is 0 Å². The maximum atomic E-state index is 6.02. The van der Waals surface area contributed by atoms with Crippen molar-refractivity contribution in [3.8, 4) is 0 Å². The van der Waals surface area contributed by atoms with Crippen LogP contribution in [0, 0.1) is 13.8 Å². The van der Waals surface area contributed by atoms with Crippen LogP contribution in [-0.2, 0) is 12.4 Å². The SMILES string of the molecule is Cc1ccc(Cn2c(CCl)nc3cc(C)cnc32)cc1. The minimum absolute atomic E-state index is 0.390. The number of hydrogen-bond donors (Lipinski definition) is 0. The molecule has 0 unspecified atom stereocenters. The lowest BCUT2D eigenvalue weighted by Gasteiger charge is -2.07. The summed E-state index contributed by atoms with van der Waals surface area (Å²) in [4.78, 5) is 9.08. The minimum Gasteiger partial charge on any atom is -0.307 e. The molecular weight excluding hydrogens is 270 g/mol. The molecule has 0 radical (unpaired) electrons. The summed E-state index contributed by atoms with van der Waals surface area (Å²) in [6.45, 7) is 4.85. The molecule has 3 nitrogen and oxygen atoms in total. The first-order chi connectivity index (χ1) is 9.67. The quantitative estimate of drug-likeness (QED) is 0.685. The number of benzene rings is 1. The van der Waals surface area contributed by atoms with E-state index in [0.717, 1.165) is 29.1 Å². The number of halogens is 1. The number of alkyl halides is 1. The fraction of sp³-hybridized carbons (Fsp3) is 0.250. The van der Waals surface area contributed by atoms with Crippen molar-refractivity contribution in [2.24, 2.45) is 0 Å². The van der Waals surface area contributed by atoms with Crippen LogP contribution in [0.2, 0.25) is 0 Å². The second-order valence-electron chi connectivity index (χ2n) is 5.09. The Morgan fingerprint density at radius 1 is 1.10 bits per heavy atom. The molecule has 3 rings (SSSR count). The molecule has 20 heavy (non-hydrogen) atoms. The number of imidazole rings is 1. The average molecular weight is 286 g/mol. The first-order valence-corrected chi connectivity index (χ1v) is 7.14. The van der Waals surface area contributed by atoms with Gasteiger partial charge in [-0.05, 0) is 31.0 Å². The molecule has 0 atom stereocenters. The first-order valence-electron chi connectivity index (χ1n) is 6.60. The average Bonchev–Trinajstić information content (AvgIpc) is 2.78. The van der Waals surface area contributed by atoms with Crippen LogP contribution in [0.15, 0.2) is 36.5 Å². The first kappa shape index (κ1) is 13.1. The van der Waals surface area contributed by atoms with Crippen LogP contribution in [-0.4, -0.2) is 14.5 Å². The van der Waals surface area contributed by atoms with Crippen LogP contribution < -0.4 is 0 Å². The molecule has 4 heteroatoms. The zero-order valence-corrected chi connectivity index (χ0v) is 12.4. The lowest BCUT2D eigenvalue weighted by Crippen LogP contribution is -2.04. The van der Waals surface area contributed by atoms with Crippen molar-refractivity contribution in [2.45, 2.75) is 26.3 Å². The van der Waals surface area contributed by atoms with Gasteiger partial charge in [-0.1, -0.05) is 29.8 Å². The molecule has 0 fully saturated rings. The van der Waals surface area contributed by atoms with Gasteiger partial charge in [0.2, 0.25) is 0 Å². The highest BCUT2D eigenvalue weighted by molar-refractivity contribution is 6.16. The van der Waals surface area contributed by atoms with E-state index in [1.165, 1.54) is 11.1 Å². The standard InChI is InChI=1S/C16H16ClN3/c1-11-3-5-13(6-4-11)10-20-15(8-17)19-14-7-12(2)9-18-16(14)20/h3-7,9H,8,10H2,1-2H3. The van der Waals surface area contributed by atoms with E-state index in [2.05, 4.69) is 45.7 Å². The van der Waals surface area contributed by atoms with Gasteiger partial charge in [0.15, 0.2) is 5.65 Å². The summed E-state index contributed by atoms with van der Waals surface area (Å²) in [6, 6.07) is 10.5. The van der Waals surface area contributed by atoms with E-state index in [1.807, 2.05) is 19.2 Å². The van der Waals surface area contributed by atoms with Crippen LogP contribution in [0.3, 0.4) is 0 Å². The molecule has 0 spiro atoms. The third-order valence-electron chi connectivity index (χ3n) is 3.38. The molecule has 3 aromatic rings. The van der Waals surface area contributed by atoms with Gasteiger partial charge in [-0.3, -0.25) is 0 Å². The second-order valence-corrected chi connectivity index (χ2v) is 5.36. The third-order valence-corrected chi connectivity index (χ3v) is 3.62. The van der Waals surface area contributed by atoms with Crippen molar-refractivity contribution in [3.05, 3.63) is 59.0 Å². The zero-order valence-electron chi connectivity index (χ0n) is 11.6. The van der Waals surface area contributed by atoms with Crippen molar-refractivity contribution in [1.29, 1.82) is 0 Å². The third kappa shape index (κ3) is 2.41. The Labute approximate surface area is 123 Å². The smallest absolute Gasteiger partial charge is 0.160 e. The summed E-state index contributed by atoms with van der Waals surface area (Å²) in [6.07, 6.45) is 1.87. The molecule has 102 valence electrons. The molecule has 0 saturated heterocycles. The number of rotatable bonds is 3. The molecule has 0 aliphatic carbocycles. The van der Waals surface area contributed by atoms with E-state index < -0.39 is 0 Å². The Hall–Kier alpha value is -1.87. The summed E-state index contributed by atoms with van der Waals surface area (Å²) in [5.74, 6) is 1.25. The van der Waals surface area contributed by atoms with Gasteiger partial charge < -0.3 is 4.57 Å². The maximum Gasteiger partial charge on any atom is 0.160 e. The summed E-state index contributed by atoms with van der Waals surface area (Å²) < 4.78 is 2.09. The van der Waals surface area contributed by atoms with Gasteiger partial charge in [0.1, 0.15) is 11.3 Å². The molecule has 0 N–H and O–H groups in total. The fourth-order valence-electron chi connectivity index (χ4n) is 2.30. The topological polar surface area (TPSA) is 30.7 Å². The highest BCUT2D eigenvalue weighted by Crippen LogP contribution is 2.18. The van der Waals surface area contributed by atoms with Crippen LogP contribution in [0.1, 0.15) is 22.5 Å². The lowest BCUT2D eigenvalue weighted by molar-refractivity contribution is 0.770. The van der Waals surface area contributed by atoms with Crippen LogP contribution >= 0.6 is 11.6 Å². The lowest BCUT2D eigenvalue weighted by atomic mass is 10.1. The molecule has 0 bridgehead atoms. The van der Waals surface area contributed by atoms with Gasteiger partial charge in [0.05, 0.1) is 12.4 Å². The molecular formula is C16H16ClN3. The van der Waals surface area contributed by atoms with Crippen LogP contribution in [0.25, 0.3) is 11.2 Å². The summed E-state index contributed by atoms with van der Waals surface area (Å²) >= 11 is 6.02.